The van der Waals surface area contributed by atoms with Crippen molar-refractivity contribution in [3.63, 3.8) is 0 Å². The minimum atomic E-state index is -0.802. The van der Waals surface area contributed by atoms with Crippen LogP contribution >= 0.6 is 23.2 Å². The van der Waals surface area contributed by atoms with E-state index in [1.54, 1.807) is 34.9 Å². The Hall–Kier alpha value is -2.49. The summed E-state index contributed by atoms with van der Waals surface area (Å²) in [6, 6.07) is 3.96. The first kappa shape index (κ1) is 27.1. The van der Waals surface area contributed by atoms with Gasteiger partial charge in [-0.3, -0.25) is 9.80 Å². The molecular weight excluding hydrogens is 493 g/mol. The van der Waals surface area contributed by atoms with Gasteiger partial charge in [0.25, 0.3) is 0 Å². The molecule has 0 spiro atoms. The highest BCUT2D eigenvalue weighted by Gasteiger charge is 2.39. The van der Waals surface area contributed by atoms with Gasteiger partial charge in [0.15, 0.2) is 0 Å². The number of ether oxygens (including phenoxy) is 1. The van der Waals surface area contributed by atoms with Crippen molar-refractivity contribution in [3.8, 4) is 0 Å². The van der Waals surface area contributed by atoms with Crippen molar-refractivity contribution in [2.45, 2.75) is 39.8 Å². The highest BCUT2D eigenvalue weighted by molar-refractivity contribution is 6.42. The van der Waals surface area contributed by atoms with Crippen LogP contribution in [0.2, 0.25) is 10.0 Å². The van der Waals surface area contributed by atoms with Crippen molar-refractivity contribution < 1.29 is 19.1 Å². The molecule has 0 radical (unpaired) electrons. The number of nitrogens with one attached hydrogen (secondary N) is 2. The Bertz CT molecular complexity index is 992. The normalized spacial score (nSPS) is 19.2. The number of likely N-dealkylation sites (N-methyl/N-ethyl adjacent to an activating group) is 1. The largest absolute Gasteiger partial charge is 0.463 e. The highest BCUT2D eigenvalue weighted by Crippen LogP contribution is 2.37. The number of nitrogens with zero attached hydrogens (tertiary/aromatic N) is 3. The maximum atomic E-state index is 13.2. The molecule has 1 fully saturated rings. The lowest BCUT2D eigenvalue weighted by Gasteiger charge is -2.40. The topological polar surface area (TPSA) is 94.2 Å². The van der Waals surface area contributed by atoms with Gasteiger partial charge < -0.3 is 20.3 Å². The van der Waals surface area contributed by atoms with E-state index in [9.17, 15) is 14.4 Å². The van der Waals surface area contributed by atoms with E-state index in [1.807, 2.05) is 20.8 Å². The molecule has 1 atom stereocenters. The summed E-state index contributed by atoms with van der Waals surface area (Å²) in [5, 5.41) is 6.42. The van der Waals surface area contributed by atoms with Crippen LogP contribution in [0.15, 0.2) is 29.5 Å². The molecule has 35 heavy (non-hydrogen) atoms. The molecule has 0 bridgehead atoms. The summed E-state index contributed by atoms with van der Waals surface area (Å²) in [5.41, 5.74) is 1.42. The van der Waals surface area contributed by atoms with E-state index in [2.05, 4.69) is 15.5 Å². The molecule has 2 aliphatic heterocycles. The number of benzene rings is 1. The van der Waals surface area contributed by atoms with Gasteiger partial charge in [-0.15, -0.1) is 0 Å². The Morgan fingerprint density at radius 3 is 2.46 bits per heavy atom. The van der Waals surface area contributed by atoms with Crippen LogP contribution in [0.4, 0.5) is 9.59 Å². The first-order chi connectivity index (χ1) is 16.7. The molecule has 0 unspecified atom stereocenters. The van der Waals surface area contributed by atoms with E-state index >= 15 is 0 Å². The third kappa shape index (κ3) is 6.20. The number of carbonyl (C=O) groups is 3. The van der Waals surface area contributed by atoms with Gasteiger partial charge >= 0.3 is 18.0 Å². The lowest BCUT2D eigenvalue weighted by Crippen LogP contribution is -2.55. The van der Waals surface area contributed by atoms with Gasteiger partial charge in [0.1, 0.15) is 0 Å². The number of esters is 1. The summed E-state index contributed by atoms with van der Waals surface area (Å²) in [7, 11) is 0. The summed E-state index contributed by atoms with van der Waals surface area (Å²) in [4.78, 5) is 44.1. The number of amides is 4. The number of piperazine rings is 1. The fourth-order valence-electron chi connectivity index (χ4n) is 4.29. The molecule has 0 saturated carbocycles. The van der Waals surface area contributed by atoms with Gasteiger partial charge in [0.2, 0.25) is 0 Å². The SMILES string of the molecule is CCOC(=O)C1=C(CN2CCN(C(=O)NC(C)C)CC2)N(CC)C(=O)N[C@@H]1c1cccc(Cl)c1Cl. The van der Waals surface area contributed by atoms with E-state index < -0.39 is 12.0 Å². The highest BCUT2D eigenvalue weighted by atomic mass is 35.5. The van der Waals surface area contributed by atoms with Crippen LogP contribution in [0, 0.1) is 0 Å². The molecule has 1 aromatic rings. The molecule has 2 N–H and O–H groups in total. The summed E-state index contributed by atoms with van der Waals surface area (Å²) in [5.74, 6) is -0.517. The average molecular weight is 526 g/mol. The first-order valence-electron chi connectivity index (χ1n) is 11.9. The Balaban J connectivity index is 1.95. The second-order valence-electron chi connectivity index (χ2n) is 8.72. The van der Waals surface area contributed by atoms with Gasteiger partial charge in [-0.2, -0.15) is 0 Å². The van der Waals surface area contributed by atoms with Crippen molar-refractivity contribution in [1.29, 1.82) is 0 Å². The lowest BCUT2D eigenvalue weighted by atomic mass is 9.94. The molecule has 1 aromatic carbocycles. The Morgan fingerprint density at radius 1 is 1.17 bits per heavy atom. The van der Waals surface area contributed by atoms with Crippen molar-refractivity contribution in [2.75, 3.05) is 45.9 Å². The Labute approximate surface area is 216 Å². The molecule has 1 saturated heterocycles. The van der Waals surface area contributed by atoms with Crippen LogP contribution in [0.5, 0.6) is 0 Å². The van der Waals surface area contributed by atoms with Crippen molar-refractivity contribution in [2.24, 2.45) is 0 Å². The minimum Gasteiger partial charge on any atom is -0.463 e. The van der Waals surface area contributed by atoms with E-state index in [0.717, 1.165) is 0 Å². The van der Waals surface area contributed by atoms with Gasteiger partial charge in [-0.1, -0.05) is 35.3 Å². The molecule has 11 heteroatoms. The van der Waals surface area contributed by atoms with Gasteiger partial charge in [-0.25, -0.2) is 14.4 Å². The minimum absolute atomic E-state index is 0.0620. The number of carbonyl (C=O) groups excluding carboxylic acids is 3. The maximum Gasteiger partial charge on any atom is 0.338 e. The number of halogens is 2. The monoisotopic (exact) mass is 525 g/mol. The number of urea groups is 2. The van der Waals surface area contributed by atoms with Crippen LogP contribution in [-0.2, 0) is 9.53 Å². The lowest BCUT2D eigenvalue weighted by molar-refractivity contribution is -0.139. The zero-order chi connectivity index (χ0) is 25.7. The molecule has 2 heterocycles. The Kier molecular flexibility index (Phi) is 9.27. The second kappa shape index (κ2) is 12.0. The van der Waals surface area contributed by atoms with E-state index in [4.69, 9.17) is 27.9 Å². The number of hydrogen-bond acceptors (Lipinski definition) is 5. The van der Waals surface area contributed by atoms with E-state index in [-0.39, 0.29) is 29.7 Å². The van der Waals surface area contributed by atoms with Crippen LogP contribution < -0.4 is 10.6 Å². The third-order valence-corrected chi connectivity index (χ3v) is 6.82. The summed E-state index contributed by atoms with van der Waals surface area (Å²) in [6.07, 6.45) is 0. The second-order valence-corrected chi connectivity index (χ2v) is 9.50. The predicted octanol–water partition coefficient (Wildman–Crippen LogP) is 3.63. The molecule has 0 aliphatic carbocycles. The molecule has 0 aromatic heterocycles. The summed E-state index contributed by atoms with van der Waals surface area (Å²) >= 11 is 12.7. The Morgan fingerprint density at radius 2 is 1.86 bits per heavy atom. The molecule has 192 valence electrons. The predicted molar refractivity (Wildman–Crippen MR) is 135 cm³/mol. The molecule has 4 amide bonds. The summed E-state index contributed by atoms with van der Waals surface area (Å²) < 4.78 is 5.41. The average Bonchev–Trinajstić information content (AvgIpc) is 2.81. The maximum absolute atomic E-state index is 13.2. The number of rotatable bonds is 7. The smallest absolute Gasteiger partial charge is 0.338 e. The zero-order valence-electron chi connectivity index (χ0n) is 20.6. The molecule has 2 aliphatic rings. The fraction of sp³-hybridized carbons (Fsp3) is 0.542. The molecular formula is C24H33Cl2N5O4. The zero-order valence-corrected chi connectivity index (χ0v) is 22.1. The van der Waals surface area contributed by atoms with Crippen LogP contribution in [-0.4, -0.2) is 84.6 Å². The van der Waals surface area contributed by atoms with Crippen LogP contribution in [0.1, 0.15) is 39.3 Å². The van der Waals surface area contributed by atoms with E-state index in [1.165, 1.54) is 0 Å². The molecule has 3 rings (SSSR count). The van der Waals surface area contributed by atoms with Crippen molar-refractivity contribution in [1.82, 2.24) is 25.3 Å². The first-order valence-corrected chi connectivity index (χ1v) is 12.6. The summed E-state index contributed by atoms with van der Waals surface area (Å²) in [6.45, 7) is 10.6. The third-order valence-electron chi connectivity index (χ3n) is 5.99. The standard InChI is InChI=1S/C24H33Cl2N5O4/c1-5-31-18(14-29-10-12-30(13-11-29)23(33)27-15(3)4)19(22(32)35-6-2)21(28-24(31)34)16-8-7-9-17(25)20(16)26/h7-9,15,21H,5-6,10-14H2,1-4H3,(H,27,33)(H,28,34)/t21-/m1/s1. The van der Waals surface area contributed by atoms with Crippen LogP contribution in [0.3, 0.4) is 0 Å². The van der Waals surface area contributed by atoms with Gasteiger partial charge in [0.05, 0.1) is 28.3 Å². The van der Waals surface area contributed by atoms with E-state index in [0.29, 0.717) is 61.1 Å². The quantitative estimate of drug-likeness (QED) is 0.530. The van der Waals surface area contributed by atoms with Crippen molar-refractivity contribution >= 4 is 41.2 Å². The van der Waals surface area contributed by atoms with Gasteiger partial charge in [0, 0.05) is 51.0 Å². The molecule has 9 nitrogen and oxygen atoms in total. The van der Waals surface area contributed by atoms with Gasteiger partial charge in [-0.05, 0) is 39.3 Å². The number of hydrogen-bond donors (Lipinski definition) is 2. The van der Waals surface area contributed by atoms with Crippen LogP contribution in [0.25, 0.3) is 0 Å². The fourth-order valence-corrected chi connectivity index (χ4v) is 4.71. The van der Waals surface area contributed by atoms with Crippen molar-refractivity contribution in [3.05, 3.63) is 45.1 Å².